The van der Waals surface area contributed by atoms with E-state index in [2.05, 4.69) is 30.4 Å². The summed E-state index contributed by atoms with van der Waals surface area (Å²) in [5, 5.41) is 4.97. The van der Waals surface area contributed by atoms with Gasteiger partial charge in [-0.2, -0.15) is 0 Å². The van der Waals surface area contributed by atoms with E-state index in [1.54, 1.807) is 4.90 Å². The summed E-state index contributed by atoms with van der Waals surface area (Å²) in [5.74, 6) is 0.737. The van der Waals surface area contributed by atoms with Crippen molar-refractivity contribution in [3.8, 4) is 5.75 Å². The van der Waals surface area contributed by atoms with Crippen LogP contribution in [0.4, 0.5) is 5.69 Å². The molecule has 0 aromatic heterocycles. The molecule has 0 unspecified atom stereocenters. The van der Waals surface area contributed by atoms with Crippen molar-refractivity contribution in [3.05, 3.63) is 71.8 Å². The summed E-state index contributed by atoms with van der Waals surface area (Å²) < 4.78 is 5.97. The monoisotopic (exact) mass is 404 g/mol. The smallest absolute Gasteiger partial charge is 0.227 e. The summed E-state index contributed by atoms with van der Waals surface area (Å²) in [5.41, 5.74) is 2.65. The van der Waals surface area contributed by atoms with Crippen molar-refractivity contribution in [1.82, 2.24) is 4.90 Å². The summed E-state index contributed by atoms with van der Waals surface area (Å²) >= 11 is 0. The molecule has 5 nitrogen and oxygen atoms in total. The Labute approximate surface area is 177 Å². The zero-order chi connectivity index (χ0) is 21.5. The predicted molar refractivity (Wildman–Crippen MR) is 121 cm³/mol. The summed E-state index contributed by atoms with van der Waals surface area (Å²) in [6.45, 7) is 4.67. The van der Waals surface area contributed by atoms with Gasteiger partial charge in [0.1, 0.15) is 5.75 Å². The van der Waals surface area contributed by atoms with Crippen LogP contribution in [-0.4, -0.2) is 30.4 Å². The first-order chi connectivity index (χ1) is 14.5. The quantitative estimate of drug-likeness (QED) is 0.587. The SMILES string of the molecule is CCCOc1ccc2ccccc2c1CN(C)C(=O)Cc1ccc(NC(C)=O)cc1. The number of rotatable bonds is 8. The van der Waals surface area contributed by atoms with Crippen LogP contribution in [0.5, 0.6) is 5.75 Å². The standard InChI is InChI=1S/C25H28N2O3/c1-4-15-30-24-14-11-20-7-5-6-8-22(20)23(24)17-27(3)25(29)16-19-9-12-21(13-10-19)26-18(2)28/h5-14H,4,15-17H2,1-3H3,(H,26,28). The van der Waals surface area contributed by atoms with Gasteiger partial charge >= 0.3 is 0 Å². The summed E-state index contributed by atoms with van der Waals surface area (Å²) in [7, 11) is 1.82. The highest BCUT2D eigenvalue weighted by Crippen LogP contribution is 2.29. The van der Waals surface area contributed by atoms with Gasteiger partial charge in [-0.1, -0.05) is 49.4 Å². The second kappa shape index (κ2) is 9.92. The lowest BCUT2D eigenvalue weighted by Gasteiger charge is -2.21. The highest BCUT2D eigenvalue weighted by Gasteiger charge is 2.15. The Morgan fingerprint density at radius 3 is 2.43 bits per heavy atom. The molecule has 0 aliphatic rings. The van der Waals surface area contributed by atoms with E-state index in [0.717, 1.165) is 39.8 Å². The molecule has 0 aliphatic carbocycles. The highest BCUT2D eigenvalue weighted by molar-refractivity contribution is 5.89. The lowest BCUT2D eigenvalue weighted by atomic mass is 10.0. The Balaban J connectivity index is 1.75. The molecule has 2 amide bonds. The molecule has 0 spiro atoms. The fraction of sp³-hybridized carbons (Fsp3) is 0.280. The number of anilines is 1. The largest absolute Gasteiger partial charge is 0.493 e. The van der Waals surface area contributed by atoms with Gasteiger partial charge in [-0.25, -0.2) is 0 Å². The topological polar surface area (TPSA) is 58.6 Å². The molecule has 0 aliphatic heterocycles. The van der Waals surface area contributed by atoms with Crippen LogP contribution in [0.25, 0.3) is 10.8 Å². The number of hydrogen-bond acceptors (Lipinski definition) is 3. The number of benzene rings is 3. The normalized spacial score (nSPS) is 10.6. The fourth-order valence-corrected chi connectivity index (χ4v) is 3.37. The number of hydrogen-bond donors (Lipinski definition) is 1. The van der Waals surface area contributed by atoms with Crippen LogP contribution >= 0.6 is 0 Å². The minimum Gasteiger partial charge on any atom is -0.493 e. The fourth-order valence-electron chi connectivity index (χ4n) is 3.37. The van der Waals surface area contributed by atoms with Crippen LogP contribution in [0.15, 0.2) is 60.7 Å². The van der Waals surface area contributed by atoms with Crippen molar-refractivity contribution in [2.75, 3.05) is 19.0 Å². The van der Waals surface area contributed by atoms with Gasteiger partial charge in [0.15, 0.2) is 0 Å². The van der Waals surface area contributed by atoms with Crippen LogP contribution in [0, 0.1) is 0 Å². The van der Waals surface area contributed by atoms with Gasteiger partial charge in [-0.3, -0.25) is 9.59 Å². The number of fused-ring (bicyclic) bond motifs is 1. The Morgan fingerprint density at radius 1 is 1.00 bits per heavy atom. The molecule has 0 heterocycles. The van der Waals surface area contributed by atoms with E-state index in [1.807, 2.05) is 49.5 Å². The predicted octanol–water partition coefficient (Wildman–Crippen LogP) is 4.79. The highest BCUT2D eigenvalue weighted by atomic mass is 16.5. The van der Waals surface area contributed by atoms with Crippen molar-refractivity contribution in [2.24, 2.45) is 0 Å². The van der Waals surface area contributed by atoms with E-state index < -0.39 is 0 Å². The van der Waals surface area contributed by atoms with E-state index in [9.17, 15) is 9.59 Å². The molecule has 3 aromatic carbocycles. The Morgan fingerprint density at radius 2 is 1.73 bits per heavy atom. The van der Waals surface area contributed by atoms with E-state index in [0.29, 0.717) is 19.6 Å². The number of carbonyl (C=O) groups excluding carboxylic acids is 2. The maximum Gasteiger partial charge on any atom is 0.227 e. The second-order valence-corrected chi connectivity index (χ2v) is 7.42. The van der Waals surface area contributed by atoms with Gasteiger partial charge in [-0.05, 0) is 41.0 Å². The molecule has 0 saturated carbocycles. The zero-order valence-corrected chi connectivity index (χ0v) is 17.8. The van der Waals surface area contributed by atoms with Gasteiger partial charge in [0, 0.05) is 31.8 Å². The van der Waals surface area contributed by atoms with Gasteiger partial charge in [-0.15, -0.1) is 0 Å². The lowest BCUT2D eigenvalue weighted by molar-refractivity contribution is -0.129. The van der Waals surface area contributed by atoms with E-state index >= 15 is 0 Å². The third kappa shape index (κ3) is 5.38. The second-order valence-electron chi connectivity index (χ2n) is 7.42. The average molecular weight is 405 g/mol. The molecule has 0 radical (unpaired) electrons. The summed E-state index contributed by atoms with van der Waals surface area (Å²) in [6.07, 6.45) is 1.22. The molecule has 156 valence electrons. The van der Waals surface area contributed by atoms with E-state index in [1.165, 1.54) is 6.92 Å². The minimum absolute atomic E-state index is 0.0247. The van der Waals surface area contributed by atoms with E-state index in [4.69, 9.17) is 4.74 Å². The maximum atomic E-state index is 12.9. The first kappa shape index (κ1) is 21.4. The van der Waals surface area contributed by atoms with E-state index in [-0.39, 0.29) is 11.8 Å². The number of carbonyl (C=O) groups is 2. The van der Waals surface area contributed by atoms with Crippen LogP contribution in [0.2, 0.25) is 0 Å². The molecule has 0 fully saturated rings. The molecular weight excluding hydrogens is 376 g/mol. The third-order valence-electron chi connectivity index (χ3n) is 4.91. The van der Waals surface area contributed by atoms with Gasteiger partial charge in [0.2, 0.25) is 11.8 Å². The van der Waals surface area contributed by atoms with Crippen molar-refractivity contribution < 1.29 is 14.3 Å². The molecule has 3 aromatic rings. The maximum absolute atomic E-state index is 12.9. The molecular formula is C25H28N2O3. The van der Waals surface area contributed by atoms with Crippen molar-refractivity contribution in [3.63, 3.8) is 0 Å². The number of likely N-dealkylation sites (N-methyl/N-ethyl adjacent to an activating group) is 1. The number of nitrogens with zero attached hydrogens (tertiary/aromatic N) is 1. The summed E-state index contributed by atoms with van der Waals surface area (Å²) in [4.78, 5) is 25.7. The summed E-state index contributed by atoms with van der Waals surface area (Å²) in [6, 6.07) is 19.6. The number of amides is 2. The van der Waals surface area contributed by atoms with Crippen LogP contribution in [-0.2, 0) is 22.6 Å². The zero-order valence-electron chi connectivity index (χ0n) is 17.8. The molecule has 5 heteroatoms. The Hall–Kier alpha value is -3.34. The lowest BCUT2D eigenvalue weighted by Crippen LogP contribution is -2.28. The Kier molecular flexibility index (Phi) is 7.07. The van der Waals surface area contributed by atoms with Gasteiger partial charge < -0.3 is 15.0 Å². The molecule has 1 N–H and O–H groups in total. The van der Waals surface area contributed by atoms with Crippen molar-refractivity contribution >= 4 is 28.3 Å². The van der Waals surface area contributed by atoms with Crippen LogP contribution < -0.4 is 10.1 Å². The number of nitrogens with one attached hydrogen (secondary N) is 1. The van der Waals surface area contributed by atoms with Gasteiger partial charge in [0.25, 0.3) is 0 Å². The molecule has 0 atom stereocenters. The van der Waals surface area contributed by atoms with Gasteiger partial charge in [0.05, 0.1) is 13.0 Å². The van der Waals surface area contributed by atoms with Crippen LogP contribution in [0.1, 0.15) is 31.4 Å². The minimum atomic E-state index is -0.116. The van der Waals surface area contributed by atoms with Crippen molar-refractivity contribution in [1.29, 1.82) is 0 Å². The van der Waals surface area contributed by atoms with Crippen LogP contribution in [0.3, 0.4) is 0 Å². The Bertz CT molecular complexity index is 1030. The molecule has 0 saturated heterocycles. The number of ether oxygens (including phenoxy) is 1. The molecule has 0 bridgehead atoms. The average Bonchev–Trinajstić information content (AvgIpc) is 2.74. The molecule has 3 rings (SSSR count). The third-order valence-corrected chi connectivity index (χ3v) is 4.91. The molecule has 30 heavy (non-hydrogen) atoms. The first-order valence-electron chi connectivity index (χ1n) is 10.2. The first-order valence-corrected chi connectivity index (χ1v) is 10.2. The van der Waals surface area contributed by atoms with Crippen molar-refractivity contribution in [2.45, 2.75) is 33.2 Å².